The molecular weight excluding hydrogens is 172 g/mol. The highest BCUT2D eigenvalue weighted by Gasteiger charge is 2.28. The molecule has 14 heavy (non-hydrogen) atoms. The number of fused-ring (bicyclic) bond motifs is 2. The van der Waals surface area contributed by atoms with Crippen LogP contribution in [0.2, 0.25) is 0 Å². The maximum Gasteiger partial charge on any atom is 0.0671 e. The van der Waals surface area contributed by atoms with Gasteiger partial charge in [-0.3, -0.25) is 4.99 Å². The quantitative estimate of drug-likeness (QED) is 0.618. The van der Waals surface area contributed by atoms with Crippen molar-refractivity contribution in [2.24, 2.45) is 10.7 Å². The zero-order valence-corrected chi connectivity index (χ0v) is 8.16. The van der Waals surface area contributed by atoms with Gasteiger partial charge in [0.15, 0.2) is 0 Å². The minimum Gasteiger partial charge on any atom is -0.327 e. The summed E-state index contributed by atoms with van der Waals surface area (Å²) < 4.78 is 0. The topological polar surface area (TPSA) is 38.4 Å². The van der Waals surface area contributed by atoms with Crippen LogP contribution in [0.5, 0.6) is 0 Å². The molecule has 1 unspecified atom stereocenters. The van der Waals surface area contributed by atoms with Gasteiger partial charge in [0.1, 0.15) is 0 Å². The summed E-state index contributed by atoms with van der Waals surface area (Å²) in [6, 6.07) is 0.349. The highest BCUT2D eigenvalue weighted by Crippen LogP contribution is 2.37. The van der Waals surface area contributed by atoms with Crippen molar-refractivity contribution in [3.8, 4) is 0 Å². The Hall–Kier alpha value is -1.15. The van der Waals surface area contributed by atoms with E-state index >= 15 is 0 Å². The molecule has 3 rings (SSSR count). The monoisotopic (exact) mass is 186 g/mol. The largest absolute Gasteiger partial charge is 0.327 e. The lowest BCUT2D eigenvalue weighted by molar-refractivity contribution is 0.607. The molecule has 1 aliphatic heterocycles. The summed E-state index contributed by atoms with van der Waals surface area (Å²) in [5, 5.41) is 0. The fourth-order valence-corrected chi connectivity index (χ4v) is 2.45. The van der Waals surface area contributed by atoms with Gasteiger partial charge in [-0.1, -0.05) is 12.2 Å². The van der Waals surface area contributed by atoms with E-state index in [1.54, 1.807) is 0 Å². The summed E-state index contributed by atoms with van der Waals surface area (Å²) in [7, 11) is 0. The average molecular weight is 186 g/mol. The number of nitrogens with two attached hydrogens (primary N) is 1. The Labute approximate surface area is 83.9 Å². The summed E-state index contributed by atoms with van der Waals surface area (Å²) in [5.41, 5.74) is 11.3. The molecule has 0 bridgehead atoms. The standard InChI is InChI=1S/C12H14N2/c13-8-5-6-12-10(7-8)9-3-1-2-4-11(9)14-12/h1-2,4,8H,3,5-7,13H2. The van der Waals surface area contributed by atoms with E-state index in [1.807, 2.05) is 0 Å². The van der Waals surface area contributed by atoms with Gasteiger partial charge in [0, 0.05) is 11.8 Å². The molecule has 0 spiro atoms. The molecule has 1 fully saturated rings. The van der Waals surface area contributed by atoms with E-state index in [0.29, 0.717) is 6.04 Å². The molecule has 1 saturated carbocycles. The maximum absolute atomic E-state index is 5.99. The summed E-state index contributed by atoms with van der Waals surface area (Å²) in [6.07, 6.45) is 10.6. The van der Waals surface area contributed by atoms with Crippen LogP contribution in [0.15, 0.2) is 40.1 Å². The van der Waals surface area contributed by atoms with Crippen molar-refractivity contribution in [2.45, 2.75) is 31.7 Å². The summed E-state index contributed by atoms with van der Waals surface area (Å²) in [4.78, 5) is 4.66. The van der Waals surface area contributed by atoms with Crippen molar-refractivity contribution in [1.29, 1.82) is 0 Å². The molecule has 1 atom stereocenters. The van der Waals surface area contributed by atoms with Crippen molar-refractivity contribution in [3.05, 3.63) is 35.1 Å². The Morgan fingerprint density at radius 3 is 3.21 bits per heavy atom. The van der Waals surface area contributed by atoms with Crippen LogP contribution in [0, 0.1) is 0 Å². The van der Waals surface area contributed by atoms with Gasteiger partial charge in [0.25, 0.3) is 0 Å². The van der Waals surface area contributed by atoms with E-state index in [9.17, 15) is 0 Å². The third-order valence-electron chi connectivity index (χ3n) is 3.21. The van der Waals surface area contributed by atoms with E-state index < -0.39 is 0 Å². The van der Waals surface area contributed by atoms with Crippen LogP contribution in [-0.2, 0) is 0 Å². The van der Waals surface area contributed by atoms with E-state index in [-0.39, 0.29) is 0 Å². The lowest BCUT2D eigenvalue weighted by Crippen LogP contribution is -2.28. The molecule has 0 aromatic rings. The fourth-order valence-electron chi connectivity index (χ4n) is 2.45. The van der Waals surface area contributed by atoms with Gasteiger partial charge in [0.2, 0.25) is 0 Å². The first-order chi connectivity index (χ1) is 6.84. The summed E-state index contributed by atoms with van der Waals surface area (Å²) in [6.45, 7) is 0. The molecule has 0 radical (unpaired) electrons. The second-order valence-corrected chi connectivity index (χ2v) is 4.20. The van der Waals surface area contributed by atoms with E-state index in [4.69, 9.17) is 5.73 Å². The van der Waals surface area contributed by atoms with E-state index in [0.717, 1.165) is 25.7 Å². The van der Waals surface area contributed by atoms with Gasteiger partial charge < -0.3 is 5.73 Å². The van der Waals surface area contributed by atoms with Gasteiger partial charge in [0.05, 0.1) is 5.70 Å². The predicted molar refractivity (Wildman–Crippen MR) is 58.1 cm³/mol. The second kappa shape index (κ2) is 2.92. The molecule has 1 heterocycles. The third-order valence-corrected chi connectivity index (χ3v) is 3.21. The Morgan fingerprint density at radius 2 is 2.29 bits per heavy atom. The lowest BCUT2D eigenvalue weighted by atomic mass is 9.86. The Bertz CT molecular complexity index is 397. The number of rotatable bonds is 0. The highest BCUT2D eigenvalue weighted by atomic mass is 14.8. The van der Waals surface area contributed by atoms with Gasteiger partial charge in [-0.25, -0.2) is 0 Å². The van der Waals surface area contributed by atoms with Crippen LogP contribution < -0.4 is 5.73 Å². The van der Waals surface area contributed by atoms with Crippen LogP contribution in [0.1, 0.15) is 25.7 Å². The van der Waals surface area contributed by atoms with E-state index in [1.165, 1.54) is 22.6 Å². The first-order valence-corrected chi connectivity index (χ1v) is 5.27. The molecule has 0 saturated heterocycles. The van der Waals surface area contributed by atoms with Crippen LogP contribution in [0.3, 0.4) is 0 Å². The zero-order valence-electron chi connectivity index (χ0n) is 8.16. The smallest absolute Gasteiger partial charge is 0.0671 e. The number of hydrogen-bond donors (Lipinski definition) is 1. The van der Waals surface area contributed by atoms with Crippen molar-refractivity contribution < 1.29 is 0 Å². The average Bonchev–Trinajstić information content (AvgIpc) is 2.56. The second-order valence-electron chi connectivity index (χ2n) is 4.20. The SMILES string of the molecule is NC1CCC2=NC3=CC=CCC3=C2C1. The Balaban J connectivity index is 2.05. The molecule has 0 aromatic carbocycles. The number of nitrogens with zero attached hydrogens (tertiary/aromatic N) is 1. The Morgan fingerprint density at radius 1 is 1.36 bits per heavy atom. The maximum atomic E-state index is 5.99. The van der Waals surface area contributed by atoms with E-state index in [2.05, 4.69) is 23.2 Å². The third kappa shape index (κ3) is 1.11. The van der Waals surface area contributed by atoms with Gasteiger partial charge in [-0.2, -0.15) is 0 Å². The van der Waals surface area contributed by atoms with Crippen molar-refractivity contribution in [3.63, 3.8) is 0 Å². The van der Waals surface area contributed by atoms with Crippen molar-refractivity contribution in [2.75, 3.05) is 0 Å². The first kappa shape index (κ1) is 8.18. The molecular formula is C12H14N2. The van der Waals surface area contributed by atoms with Gasteiger partial charge in [-0.15, -0.1) is 0 Å². The number of aliphatic imine (C=N–C) groups is 1. The van der Waals surface area contributed by atoms with Gasteiger partial charge in [-0.05, 0) is 42.9 Å². The van der Waals surface area contributed by atoms with Crippen LogP contribution in [0.4, 0.5) is 0 Å². The molecule has 72 valence electrons. The zero-order chi connectivity index (χ0) is 9.54. The van der Waals surface area contributed by atoms with Crippen molar-refractivity contribution in [1.82, 2.24) is 0 Å². The normalized spacial score (nSPS) is 29.6. The van der Waals surface area contributed by atoms with Crippen LogP contribution in [-0.4, -0.2) is 11.8 Å². The molecule has 3 aliphatic rings. The van der Waals surface area contributed by atoms with Crippen molar-refractivity contribution >= 4 is 5.71 Å². The highest BCUT2D eigenvalue weighted by molar-refractivity contribution is 6.05. The number of hydrogen-bond acceptors (Lipinski definition) is 2. The minimum atomic E-state index is 0.349. The van der Waals surface area contributed by atoms with Gasteiger partial charge >= 0.3 is 0 Å². The molecule has 2 heteroatoms. The minimum absolute atomic E-state index is 0.349. The molecule has 2 nitrogen and oxygen atoms in total. The lowest BCUT2D eigenvalue weighted by Gasteiger charge is -2.21. The molecule has 2 N–H and O–H groups in total. The molecule has 2 aliphatic carbocycles. The number of allylic oxidation sites excluding steroid dienone is 4. The summed E-state index contributed by atoms with van der Waals surface area (Å²) in [5.74, 6) is 0. The van der Waals surface area contributed by atoms with Crippen LogP contribution >= 0.6 is 0 Å². The van der Waals surface area contributed by atoms with Crippen LogP contribution in [0.25, 0.3) is 0 Å². The Kier molecular flexibility index (Phi) is 1.71. The summed E-state index contributed by atoms with van der Waals surface area (Å²) >= 11 is 0. The fraction of sp³-hybridized carbons (Fsp3) is 0.417. The predicted octanol–water partition coefficient (Wildman–Crippen LogP) is 2.09. The first-order valence-electron chi connectivity index (χ1n) is 5.27. The molecule has 0 aromatic heterocycles. The molecule has 0 amide bonds.